The minimum Gasteiger partial charge on any atom is -0.497 e. The summed E-state index contributed by atoms with van der Waals surface area (Å²) in [6.45, 7) is 1.66. The van der Waals surface area contributed by atoms with Crippen LogP contribution in [0.3, 0.4) is 0 Å². The molecule has 8 heteroatoms. The van der Waals surface area contributed by atoms with E-state index in [4.69, 9.17) is 4.74 Å². The van der Waals surface area contributed by atoms with Crippen LogP contribution in [0, 0.1) is 0 Å². The highest BCUT2D eigenvalue weighted by Gasteiger charge is 2.23. The van der Waals surface area contributed by atoms with Gasteiger partial charge in [-0.05, 0) is 38.9 Å². The van der Waals surface area contributed by atoms with Crippen LogP contribution in [0.25, 0.3) is 0 Å². The number of methoxy groups -OCH3 is 1. The lowest BCUT2D eigenvalue weighted by Gasteiger charge is -2.23. The van der Waals surface area contributed by atoms with Crippen LogP contribution in [-0.4, -0.2) is 55.5 Å². The Morgan fingerprint density at radius 1 is 1.26 bits per heavy atom. The molecule has 1 aromatic rings. The lowest BCUT2D eigenvalue weighted by atomic mass is 10.2. The van der Waals surface area contributed by atoms with Crippen LogP contribution in [0.1, 0.15) is 32.6 Å². The van der Waals surface area contributed by atoms with Gasteiger partial charge in [0.15, 0.2) is 0 Å². The summed E-state index contributed by atoms with van der Waals surface area (Å²) < 4.78 is 5.12. The molecule has 4 amide bonds. The molecule has 0 aromatic heterocycles. The van der Waals surface area contributed by atoms with Crippen molar-refractivity contribution in [1.82, 2.24) is 15.5 Å². The highest BCUT2D eigenvalue weighted by atomic mass is 16.5. The Bertz CT molecular complexity index is 673. The number of urea groups is 1. The molecule has 1 atom stereocenters. The number of rotatable bonds is 7. The lowest BCUT2D eigenvalue weighted by molar-refractivity contribution is -0.125. The summed E-state index contributed by atoms with van der Waals surface area (Å²) >= 11 is 0. The number of nitrogens with one attached hydrogen (secondary N) is 3. The molecule has 1 aromatic carbocycles. The molecule has 0 radical (unpaired) electrons. The standard InChI is InChI=1S/C19H28N4O4/c1-13(18(25)22-19(26)21-14-7-4-5-8-14)23(2)12-17(24)20-15-9-6-10-16(11-15)27-3/h6,9-11,13-14H,4-5,7-8,12H2,1-3H3,(H,20,24)(H2,21,22,25,26). The SMILES string of the molecule is COc1cccc(NC(=O)CN(C)C(C)C(=O)NC(=O)NC2CCCC2)c1. The molecule has 27 heavy (non-hydrogen) atoms. The van der Waals surface area contributed by atoms with Crippen molar-refractivity contribution in [2.45, 2.75) is 44.7 Å². The van der Waals surface area contributed by atoms with Crippen molar-refractivity contribution in [3.63, 3.8) is 0 Å². The largest absolute Gasteiger partial charge is 0.497 e. The normalized spacial score (nSPS) is 15.3. The number of carbonyl (C=O) groups excluding carboxylic acids is 3. The zero-order chi connectivity index (χ0) is 19.8. The maximum Gasteiger partial charge on any atom is 0.321 e. The van der Waals surface area contributed by atoms with Gasteiger partial charge < -0.3 is 15.4 Å². The molecule has 3 N–H and O–H groups in total. The third-order valence-electron chi connectivity index (χ3n) is 4.71. The number of hydrogen-bond donors (Lipinski definition) is 3. The molecule has 0 saturated heterocycles. The molecular weight excluding hydrogens is 348 g/mol. The summed E-state index contributed by atoms with van der Waals surface area (Å²) in [5.41, 5.74) is 0.612. The van der Waals surface area contributed by atoms with E-state index in [1.807, 2.05) is 0 Å². The zero-order valence-electron chi connectivity index (χ0n) is 16.1. The van der Waals surface area contributed by atoms with Crippen molar-refractivity contribution in [3.8, 4) is 5.75 Å². The lowest BCUT2D eigenvalue weighted by Crippen LogP contribution is -2.51. The zero-order valence-corrected chi connectivity index (χ0v) is 16.1. The minimum atomic E-state index is -0.629. The number of carbonyl (C=O) groups is 3. The van der Waals surface area contributed by atoms with Gasteiger partial charge in [0.05, 0.1) is 19.7 Å². The molecular formula is C19H28N4O4. The third kappa shape index (κ3) is 6.56. The van der Waals surface area contributed by atoms with E-state index in [1.165, 1.54) is 0 Å². The number of imide groups is 1. The number of benzene rings is 1. The van der Waals surface area contributed by atoms with E-state index in [-0.39, 0.29) is 18.5 Å². The van der Waals surface area contributed by atoms with Gasteiger partial charge in [0.2, 0.25) is 11.8 Å². The first-order chi connectivity index (χ1) is 12.9. The van der Waals surface area contributed by atoms with E-state index in [9.17, 15) is 14.4 Å². The smallest absolute Gasteiger partial charge is 0.321 e. The maximum absolute atomic E-state index is 12.2. The predicted molar refractivity (Wildman–Crippen MR) is 103 cm³/mol. The molecule has 0 bridgehead atoms. The monoisotopic (exact) mass is 376 g/mol. The summed E-state index contributed by atoms with van der Waals surface area (Å²) in [5.74, 6) is -0.0647. The van der Waals surface area contributed by atoms with Gasteiger partial charge in [-0.2, -0.15) is 0 Å². The topological polar surface area (TPSA) is 99.8 Å². The molecule has 0 heterocycles. The average Bonchev–Trinajstić information content (AvgIpc) is 3.13. The van der Waals surface area contributed by atoms with Crippen LogP contribution < -0.4 is 20.7 Å². The van der Waals surface area contributed by atoms with E-state index >= 15 is 0 Å². The molecule has 1 aliphatic rings. The van der Waals surface area contributed by atoms with Gasteiger partial charge in [-0.15, -0.1) is 0 Å². The van der Waals surface area contributed by atoms with E-state index < -0.39 is 18.0 Å². The third-order valence-corrected chi connectivity index (χ3v) is 4.71. The number of likely N-dealkylation sites (N-methyl/N-ethyl adjacent to an activating group) is 1. The van der Waals surface area contributed by atoms with Crippen LogP contribution in [0.15, 0.2) is 24.3 Å². The molecule has 148 valence electrons. The molecule has 0 aliphatic heterocycles. The molecule has 1 unspecified atom stereocenters. The van der Waals surface area contributed by atoms with Crippen molar-refractivity contribution in [3.05, 3.63) is 24.3 Å². The number of ether oxygens (including phenoxy) is 1. The highest BCUT2D eigenvalue weighted by Crippen LogP contribution is 2.17. The summed E-state index contributed by atoms with van der Waals surface area (Å²) in [6.07, 6.45) is 4.09. The molecule has 1 aliphatic carbocycles. The molecule has 2 rings (SSSR count). The fourth-order valence-electron chi connectivity index (χ4n) is 2.97. The quantitative estimate of drug-likeness (QED) is 0.673. The first-order valence-corrected chi connectivity index (χ1v) is 9.14. The second kappa shape index (κ2) is 9.91. The van der Waals surface area contributed by atoms with Gasteiger partial charge in [0, 0.05) is 17.8 Å². The van der Waals surface area contributed by atoms with E-state index in [1.54, 1.807) is 50.2 Å². The maximum atomic E-state index is 12.2. The van der Waals surface area contributed by atoms with Gasteiger partial charge in [0.25, 0.3) is 0 Å². The van der Waals surface area contributed by atoms with Crippen molar-refractivity contribution in [1.29, 1.82) is 0 Å². The van der Waals surface area contributed by atoms with Crippen LogP contribution in [0.4, 0.5) is 10.5 Å². The van der Waals surface area contributed by atoms with Crippen LogP contribution >= 0.6 is 0 Å². The first kappa shape index (κ1) is 20.7. The Balaban J connectivity index is 1.78. The summed E-state index contributed by atoms with van der Waals surface area (Å²) in [6, 6.07) is 6.05. The second-order valence-electron chi connectivity index (χ2n) is 6.82. The van der Waals surface area contributed by atoms with Crippen LogP contribution in [-0.2, 0) is 9.59 Å². The van der Waals surface area contributed by atoms with E-state index in [2.05, 4.69) is 16.0 Å². The second-order valence-corrected chi connectivity index (χ2v) is 6.82. The first-order valence-electron chi connectivity index (χ1n) is 9.14. The highest BCUT2D eigenvalue weighted by molar-refractivity contribution is 5.97. The van der Waals surface area contributed by atoms with E-state index in [0.29, 0.717) is 11.4 Å². The Morgan fingerprint density at radius 2 is 1.96 bits per heavy atom. The summed E-state index contributed by atoms with van der Waals surface area (Å²) in [4.78, 5) is 37.9. The minimum absolute atomic E-state index is 0.00996. The fraction of sp³-hybridized carbons (Fsp3) is 0.526. The van der Waals surface area contributed by atoms with Crippen molar-refractivity contribution in [2.24, 2.45) is 0 Å². The summed E-state index contributed by atoms with van der Waals surface area (Å²) in [7, 11) is 3.21. The van der Waals surface area contributed by atoms with Gasteiger partial charge in [-0.1, -0.05) is 18.9 Å². The average molecular weight is 376 g/mol. The Morgan fingerprint density at radius 3 is 2.63 bits per heavy atom. The Kier molecular flexibility index (Phi) is 7.60. The van der Waals surface area contributed by atoms with Crippen molar-refractivity contribution >= 4 is 23.5 Å². The number of nitrogens with zero attached hydrogens (tertiary/aromatic N) is 1. The molecule has 8 nitrogen and oxygen atoms in total. The number of anilines is 1. The predicted octanol–water partition coefficient (Wildman–Crippen LogP) is 1.72. The van der Waals surface area contributed by atoms with Gasteiger partial charge >= 0.3 is 6.03 Å². The van der Waals surface area contributed by atoms with Crippen LogP contribution in [0.5, 0.6) is 5.75 Å². The Hall–Kier alpha value is -2.61. The van der Waals surface area contributed by atoms with Gasteiger partial charge in [0.1, 0.15) is 5.75 Å². The van der Waals surface area contributed by atoms with Crippen molar-refractivity contribution in [2.75, 3.05) is 26.0 Å². The van der Waals surface area contributed by atoms with Gasteiger partial charge in [-0.3, -0.25) is 19.8 Å². The van der Waals surface area contributed by atoms with Gasteiger partial charge in [-0.25, -0.2) is 4.79 Å². The molecule has 1 saturated carbocycles. The molecule has 0 spiro atoms. The van der Waals surface area contributed by atoms with E-state index in [0.717, 1.165) is 25.7 Å². The fourth-order valence-corrected chi connectivity index (χ4v) is 2.97. The molecule has 1 fully saturated rings. The Labute approximate surface area is 159 Å². The van der Waals surface area contributed by atoms with Crippen molar-refractivity contribution < 1.29 is 19.1 Å². The number of hydrogen-bond acceptors (Lipinski definition) is 5. The summed E-state index contributed by atoms with van der Waals surface area (Å²) in [5, 5.41) is 7.91. The van der Waals surface area contributed by atoms with Crippen LogP contribution in [0.2, 0.25) is 0 Å². The number of amides is 4.